The molecule has 0 saturated carbocycles. The molecule has 25 heavy (non-hydrogen) atoms. The summed E-state index contributed by atoms with van der Waals surface area (Å²) >= 11 is 0. The zero-order chi connectivity index (χ0) is 18.3. The molecule has 0 aromatic rings. The minimum Gasteiger partial charge on any atom is -0.394 e. The third-order valence-corrected chi connectivity index (χ3v) is 4.72. The van der Waals surface area contributed by atoms with Gasteiger partial charge in [0.25, 0.3) is 0 Å². The molecule has 0 bridgehead atoms. The van der Waals surface area contributed by atoms with Crippen molar-refractivity contribution in [2.45, 2.75) is 95.5 Å². The van der Waals surface area contributed by atoms with Crippen LogP contribution in [0.15, 0.2) is 12.2 Å². The fraction of sp³-hybridized carbons (Fsp3) is 0.900. The smallest absolute Gasteiger partial charge is 0.114 e. The summed E-state index contributed by atoms with van der Waals surface area (Å²) in [7, 11) is 0. The van der Waals surface area contributed by atoms with Crippen LogP contribution in [0.5, 0.6) is 0 Å². The Kier molecular flexibility index (Phi) is 13.3. The summed E-state index contributed by atoms with van der Waals surface area (Å²) in [6.07, 6.45) is 13.8. The molecule has 0 aromatic carbocycles. The molecule has 1 heterocycles. The van der Waals surface area contributed by atoms with Gasteiger partial charge in [0.2, 0.25) is 0 Å². The molecule has 0 amide bonds. The van der Waals surface area contributed by atoms with Crippen molar-refractivity contribution in [1.29, 1.82) is 0 Å². The zero-order valence-electron chi connectivity index (χ0n) is 15.8. The van der Waals surface area contributed by atoms with E-state index in [1.54, 1.807) is 0 Å². The number of allylic oxidation sites excluding steroid dienone is 2. The molecule has 3 N–H and O–H groups in total. The topological polar surface area (TPSA) is 79.2 Å². The lowest BCUT2D eigenvalue weighted by Crippen LogP contribution is -2.41. The van der Waals surface area contributed by atoms with Gasteiger partial charge in [0.05, 0.1) is 13.2 Å². The van der Waals surface area contributed by atoms with Crippen molar-refractivity contribution in [2.75, 3.05) is 19.8 Å². The SMILES string of the molecule is CCCCCCCC/C=C/CCCCO[C@H]1CO[C@H]([C@H](O)CO)[C@@H]1O. The number of hydrogen-bond acceptors (Lipinski definition) is 5. The Morgan fingerprint density at radius 2 is 1.68 bits per heavy atom. The highest BCUT2D eigenvalue weighted by molar-refractivity contribution is 4.88. The molecule has 148 valence electrons. The lowest BCUT2D eigenvalue weighted by Gasteiger charge is -2.20. The first-order chi connectivity index (χ1) is 12.2. The number of rotatable bonds is 15. The van der Waals surface area contributed by atoms with Gasteiger partial charge >= 0.3 is 0 Å². The zero-order valence-corrected chi connectivity index (χ0v) is 15.8. The van der Waals surface area contributed by atoms with Gasteiger partial charge < -0.3 is 24.8 Å². The van der Waals surface area contributed by atoms with Crippen LogP contribution in [0.25, 0.3) is 0 Å². The Balaban J connectivity index is 1.93. The van der Waals surface area contributed by atoms with E-state index in [0.717, 1.165) is 19.3 Å². The van der Waals surface area contributed by atoms with Crippen LogP contribution >= 0.6 is 0 Å². The van der Waals surface area contributed by atoms with E-state index in [4.69, 9.17) is 14.6 Å². The number of hydrogen-bond donors (Lipinski definition) is 3. The average molecular weight is 359 g/mol. The summed E-state index contributed by atoms with van der Waals surface area (Å²) in [6.45, 7) is 2.68. The second-order valence-electron chi connectivity index (χ2n) is 6.97. The Bertz CT molecular complexity index is 334. The molecule has 1 saturated heterocycles. The Labute approximate surface area is 153 Å². The predicted molar refractivity (Wildman–Crippen MR) is 99.6 cm³/mol. The van der Waals surface area contributed by atoms with Crippen molar-refractivity contribution in [3.05, 3.63) is 12.2 Å². The van der Waals surface area contributed by atoms with Crippen LogP contribution in [0.3, 0.4) is 0 Å². The number of unbranched alkanes of at least 4 members (excludes halogenated alkanes) is 8. The molecule has 1 aliphatic heterocycles. The van der Waals surface area contributed by atoms with E-state index >= 15 is 0 Å². The summed E-state index contributed by atoms with van der Waals surface area (Å²) < 4.78 is 10.9. The van der Waals surface area contributed by atoms with Gasteiger partial charge in [0.1, 0.15) is 24.4 Å². The van der Waals surface area contributed by atoms with Gasteiger partial charge in [0, 0.05) is 6.61 Å². The highest BCUT2D eigenvalue weighted by atomic mass is 16.6. The van der Waals surface area contributed by atoms with Crippen molar-refractivity contribution >= 4 is 0 Å². The quantitative estimate of drug-likeness (QED) is 0.310. The van der Waals surface area contributed by atoms with Crippen LogP contribution in [0.2, 0.25) is 0 Å². The third-order valence-electron chi connectivity index (χ3n) is 4.72. The van der Waals surface area contributed by atoms with Gasteiger partial charge in [-0.3, -0.25) is 0 Å². The monoisotopic (exact) mass is 358 g/mol. The lowest BCUT2D eigenvalue weighted by molar-refractivity contribution is -0.0730. The number of ether oxygens (including phenoxy) is 2. The van der Waals surface area contributed by atoms with Crippen LogP contribution in [0.4, 0.5) is 0 Å². The van der Waals surface area contributed by atoms with Crippen molar-refractivity contribution in [3.8, 4) is 0 Å². The fourth-order valence-electron chi connectivity index (χ4n) is 3.08. The molecule has 1 aliphatic rings. The molecular weight excluding hydrogens is 320 g/mol. The Morgan fingerprint density at radius 3 is 2.36 bits per heavy atom. The van der Waals surface area contributed by atoms with Gasteiger partial charge in [0.15, 0.2) is 0 Å². The maximum Gasteiger partial charge on any atom is 0.114 e. The molecule has 0 radical (unpaired) electrons. The first-order valence-electron chi connectivity index (χ1n) is 10.1. The Morgan fingerprint density at radius 1 is 1.04 bits per heavy atom. The van der Waals surface area contributed by atoms with E-state index < -0.39 is 31.0 Å². The van der Waals surface area contributed by atoms with Crippen molar-refractivity contribution in [3.63, 3.8) is 0 Å². The molecule has 5 nitrogen and oxygen atoms in total. The first-order valence-corrected chi connectivity index (χ1v) is 10.1. The molecule has 0 aliphatic carbocycles. The molecule has 0 spiro atoms. The van der Waals surface area contributed by atoms with E-state index in [1.165, 1.54) is 44.9 Å². The van der Waals surface area contributed by atoms with Crippen LogP contribution in [-0.2, 0) is 9.47 Å². The van der Waals surface area contributed by atoms with Crippen molar-refractivity contribution in [1.82, 2.24) is 0 Å². The molecule has 4 atom stereocenters. The summed E-state index contributed by atoms with van der Waals surface area (Å²) in [4.78, 5) is 0. The highest BCUT2D eigenvalue weighted by Gasteiger charge is 2.40. The minimum atomic E-state index is -1.06. The largest absolute Gasteiger partial charge is 0.394 e. The van der Waals surface area contributed by atoms with Gasteiger partial charge in [-0.1, -0.05) is 51.2 Å². The van der Waals surface area contributed by atoms with Gasteiger partial charge in [-0.05, 0) is 32.1 Å². The van der Waals surface area contributed by atoms with Crippen LogP contribution < -0.4 is 0 Å². The molecule has 1 rings (SSSR count). The van der Waals surface area contributed by atoms with Crippen molar-refractivity contribution < 1.29 is 24.8 Å². The van der Waals surface area contributed by atoms with Gasteiger partial charge in [-0.25, -0.2) is 0 Å². The van der Waals surface area contributed by atoms with E-state index in [1.807, 2.05) is 0 Å². The maximum absolute atomic E-state index is 10.0. The molecule has 1 fully saturated rings. The lowest BCUT2D eigenvalue weighted by atomic mass is 10.1. The van der Waals surface area contributed by atoms with E-state index in [2.05, 4.69) is 19.1 Å². The third kappa shape index (κ3) is 9.71. The van der Waals surface area contributed by atoms with Crippen LogP contribution in [-0.4, -0.2) is 59.6 Å². The second kappa shape index (κ2) is 14.7. The summed E-state index contributed by atoms with van der Waals surface area (Å²) in [6, 6.07) is 0. The highest BCUT2D eigenvalue weighted by Crippen LogP contribution is 2.20. The molecule has 0 unspecified atom stereocenters. The van der Waals surface area contributed by atoms with E-state index in [0.29, 0.717) is 6.61 Å². The van der Waals surface area contributed by atoms with Crippen LogP contribution in [0.1, 0.15) is 71.1 Å². The summed E-state index contributed by atoms with van der Waals surface area (Å²) in [5, 5.41) is 28.5. The number of aliphatic hydroxyl groups excluding tert-OH is 3. The first kappa shape index (κ1) is 22.6. The van der Waals surface area contributed by atoms with Crippen molar-refractivity contribution in [2.24, 2.45) is 0 Å². The molecule has 5 heteroatoms. The van der Waals surface area contributed by atoms with Gasteiger partial charge in [-0.2, -0.15) is 0 Å². The molecule has 0 aromatic heterocycles. The standard InChI is InChI=1S/C20H38O5/c1-2-3-4-5-6-7-8-9-10-11-12-13-14-24-18-16-25-20(19(18)23)17(22)15-21/h9-10,17-23H,2-8,11-16H2,1H3/b10-9+/t17-,18+,19-,20-/m1/s1. The fourth-order valence-corrected chi connectivity index (χ4v) is 3.08. The summed E-state index contributed by atoms with van der Waals surface area (Å²) in [5.74, 6) is 0. The van der Waals surface area contributed by atoms with E-state index in [9.17, 15) is 10.2 Å². The average Bonchev–Trinajstić information content (AvgIpc) is 2.99. The molecular formula is C20H38O5. The minimum absolute atomic E-state index is 0.265. The normalized spacial score (nSPS) is 25.0. The second-order valence-corrected chi connectivity index (χ2v) is 6.97. The predicted octanol–water partition coefficient (Wildman–Crippen LogP) is 2.96. The summed E-state index contributed by atoms with van der Waals surface area (Å²) in [5.41, 5.74) is 0. The van der Waals surface area contributed by atoms with Gasteiger partial charge in [-0.15, -0.1) is 0 Å². The maximum atomic E-state index is 10.0. The van der Waals surface area contributed by atoms with Crippen LogP contribution in [0, 0.1) is 0 Å². The Hall–Kier alpha value is -0.460. The number of aliphatic hydroxyl groups is 3. The van der Waals surface area contributed by atoms with E-state index in [-0.39, 0.29) is 6.61 Å².